The minimum Gasteiger partial charge on any atom is -0.310 e. The highest BCUT2D eigenvalue weighted by atomic mass is 14.9. The Morgan fingerprint density at radius 2 is 1.77 bits per heavy atom. The lowest BCUT2D eigenvalue weighted by Gasteiger charge is -2.13. The molecular formula is C20H26N2. The van der Waals surface area contributed by atoms with Crippen molar-refractivity contribution in [3.8, 4) is 11.3 Å². The summed E-state index contributed by atoms with van der Waals surface area (Å²) in [4.78, 5) is 4.80. The second kappa shape index (κ2) is 7.06. The summed E-state index contributed by atoms with van der Waals surface area (Å²) in [5, 5.41) is 3.67. The van der Waals surface area contributed by atoms with Crippen LogP contribution in [0.3, 0.4) is 0 Å². The minimum absolute atomic E-state index is 0.709. The third kappa shape index (κ3) is 3.56. The zero-order valence-corrected chi connectivity index (χ0v) is 13.7. The van der Waals surface area contributed by atoms with E-state index in [9.17, 15) is 0 Å². The van der Waals surface area contributed by atoms with E-state index in [0.29, 0.717) is 6.04 Å². The molecule has 0 aliphatic heterocycles. The lowest BCUT2D eigenvalue weighted by Crippen LogP contribution is -2.25. The summed E-state index contributed by atoms with van der Waals surface area (Å²) in [6.07, 6.45) is 6.49. The second-order valence-corrected chi connectivity index (χ2v) is 6.35. The third-order valence-corrected chi connectivity index (χ3v) is 4.79. The number of hydrogen-bond donors (Lipinski definition) is 1. The maximum Gasteiger partial charge on any atom is 0.0705 e. The van der Waals surface area contributed by atoms with Crippen LogP contribution in [-0.2, 0) is 13.0 Å². The van der Waals surface area contributed by atoms with Gasteiger partial charge in [-0.25, -0.2) is 0 Å². The van der Waals surface area contributed by atoms with Gasteiger partial charge >= 0.3 is 0 Å². The molecule has 0 atom stereocenters. The molecule has 0 amide bonds. The Hall–Kier alpha value is -1.67. The second-order valence-electron chi connectivity index (χ2n) is 6.35. The summed E-state index contributed by atoms with van der Waals surface area (Å²) < 4.78 is 0. The molecule has 2 nitrogen and oxygen atoms in total. The Bertz CT molecular complexity index is 610. The standard InChI is InChI=1S/C20H26N2/c1-3-16-8-10-17(11-9-16)20-13-12-18(15(2)22-20)14-21-19-6-4-5-7-19/h8-13,19,21H,3-7,14H2,1-2H3. The third-order valence-electron chi connectivity index (χ3n) is 4.79. The molecule has 2 aromatic rings. The number of aryl methyl sites for hydroxylation is 2. The molecule has 1 aromatic carbocycles. The summed E-state index contributed by atoms with van der Waals surface area (Å²) in [6.45, 7) is 5.25. The molecule has 116 valence electrons. The molecule has 2 heteroatoms. The molecule has 0 saturated heterocycles. The lowest BCUT2D eigenvalue weighted by molar-refractivity contribution is 0.522. The fraction of sp³-hybridized carbons (Fsp3) is 0.450. The van der Waals surface area contributed by atoms with Crippen LogP contribution < -0.4 is 5.32 Å². The average molecular weight is 294 g/mol. The molecule has 0 bridgehead atoms. The van der Waals surface area contributed by atoms with Crippen LogP contribution in [0, 0.1) is 6.92 Å². The number of pyridine rings is 1. The van der Waals surface area contributed by atoms with Crippen LogP contribution in [0.1, 0.15) is 49.4 Å². The van der Waals surface area contributed by atoms with E-state index >= 15 is 0 Å². The Morgan fingerprint density at radius 1 is 1.05 bits per heavy atom. The van der Waals surface area contributed by atoms with E-state index in [-0.39, 0.29) is 0 Å². The van der Waals surface area contributed by atoms with Crippen molar-refractivity contribution in [2.24, 2.45) is 0 Å². The van der Waals surface area contributed by atoms with Crippen LogP contribution in [0.4, 0.5) is 0 Å². The maximum atomic E-state index is 4.80. The maximum absolute atomic E-state index is 4.80. The molecule has 1 aliphatic carbocycles. The zero-order valence-electron chi connectivity index (χ0n) is 13.7. The van der Waals surface area contributed by atoms with Crippen molar-refractivity contribution >= 4 is 0 Å². The predicted octanol–water partition coefficient (Wildman–Crippen LogP) is 4.65. The summed E-state index contributed by atoms with van der Waals surface area (Å²) in [7, 11) is 0. The van der Waals surface area contributed by atoms with Gasteiger partial charge in [-0.3, -0.25) is 4.98 Å². The topological polar surface area (TPSA) is 24.9 Å². The van der Waals surface area contributed by atoms with Crippen molar-refractivity contribution in [1.29, 1.82) is 0 Å². The van der Waals surface area contributed by atoms with E-state index in [4.69, 9.17) is 4.98 Å². The van der Waals surface area contributed by atoms with Gasteiger partial charge in [0.1, 0.15) is 0 Å². The van der Waals surface area contributed by atoms with Gasteiger partial charge in [-0.15, -0.1) is 0 Å². The molecule has 1 aliphatic rings. The van der Waals surface area contributed by atoms with Gasteiger partial charge in [-0.2, -0.15) is 0 Å². The highest BCUT2D eigenvalue weighted by Gasteiger charge is 2.14. The van der Waals surface area contributed by atoms with Crippen LogP contribution in [0.5, 0.6) is 0 Å². The molecular weight excluding hydrogens is 268 g/mol. The summed E-state index contributed by atoms with van der Waals surface area (Å²) >= 11 is 0. The van der Waals surface area contributed by atoms with Crippen molar-refractivity contribution in [2.75, 3.05) is 0 Å². The monoisotopic (exact) mass is 294 g/mol. The molecule has 3 rings (SSSR count). The van der Waals surface area contributed by atoms with Crippen molar-refractivity contribution in [3.05, 3.63) is 53.2 Å². The van der Waals surface area contributed by atoms with Crippen molar-refractivity contribution < 1.29 is 0 Å². The number of aromatic nitrogens is 1. The minimum atomic E-state index is 0.709. The predicted molar refractivity (Wildman–Crippen MR) is 92.9 cm³/mol. The number of rotatable bonds is 5. The van der Waals surface area contributed by atoms with Crippen molar-refractivity contribution in [1.82, 2.24) is 10.3 Å². The largest absolute Gasteiger partial charge is 0.310 e. The molecule has 1 fully saturated rings. The van der Waals surface area contributed by atoms with E-state index in [1.54, 1.807) is 0 Å². The highest BCUT2D eigenvalue weighted by molar-refractivity contribution is 5.60. The Labute approximate surface area is 134 Å². The number of nitrogens with zero attached hydrogens (tertiary/aromatic N) is 1. The smallest absolute Gasteiger partial charge is 0.0705 e. The first-order valence-corrected chi connectivity index (χ1v) is 8.55. The van der Waals surface area contributed by atoms with Crippen LogP contribution in [0.2, 0.25) is 0 Å². The van der Waals surface area contributed by atoms with Gasteiger partial charge in [0.05, 0.1) is 5.69 Å². The van der Waals surface area contributed by atoms with Crippen LogP contribution in [0.15, 0.2) is 36.4 Å². The first-order valence-electron chi connectivity index (χ1n) is 8.55. The zero-order chi connectivity index (χ0) is 15.4. The SMILES string of the molecule is CCc1ccc(-c2ccc(CNC3CCCC3)c(C)n2)cc1. The van der Waals surface area contributed by atoms with E-state index < -0.39 is 0 Å². The normalized spacial score (nSPS) is 15.4. The van der Waals surface area contributed by atoms with Crippen molar-refractivity contribution in [3.63, 3.8) is 0 Å². The summed E-state index contributed by atoms with van der Waals surface area (Å²) in [5.41, 5.74) is 6.11. The van der Waals surface area contributed by atoms with Crippen LogP contribution >= 0.6 is 0 Å². The molecule has 0 unspecified atom stereocenters. The first-order chi connectivity index (χ1) is 10.8. The van der Waals surface area contributed by atoms with Gasteiger partial charge in [0.2, 0.25) is 0 Å². The number of nitrogens with one attached hydrogen (secondary N) is 1. The summed E-state index contributed by atoms with van der Waals surface area (Å²) in [6, 6.07) is 13.8. The van der Waals surface area contributed by atoms with Gasteiger partial charge in [-0.1, -0.05) is 50.1 Å². The summed E-state index contributed by atoms with van der Waals surface area (Å²) in [5.74, 6) is 0. The van der Waals surface area contributed by atoms with Gasteiger partial charge in [-0.05, 0) is 43.4 Å². The molecule has 1 heterocycles. The van der Waals surface area contributed by atoms with Crippen LogP contribution in [0.25, 0.3) is 11.3 Å². The van der Waals surface area contributed by atoms with E-state index in [2.05, 4.69) is 55.6 Å². The Morgan fingerprint density at radius 3 is 2.41 bits per heavy atom. The molecule has 0 spiro atoms. The van der Waals surface area contributed by atoms with Crippen LogP contribution in [-0.4, -0.2) is 11.0 Å². The molecule has 1 saturated carbocycles. The Kier molecular flexibility index (Phi) is 4.89. The molecule has 1 N–H and O–H groups in total. The fourth-order valence-electron chi connectivity index (χ4n) is 3.23. The van der Waals surface area contributed by atoms with E-state index in [1.807, 2.05) is 0 Å². The van der Waals surface area contributed by atoms with E-state index in [0.717, 1.165) is 24.4 Å². The van der Waals surface area contributed by atoms with Gasteiger partial charge in [0.15, 0.2) is 0 Å². The quantitative estimate of drug-likeness (QED) is 0.868. The molecule has 22 heavy (non-hydrogen) atoms. The average Bonchev–Trinajstić information content (AvgIpc) is 3.07. The number of hydrogen-bond acceptors (Lipinski definition) is 2. The van der Waals surface area contributed by atoms with Crippen molar-refractivity contribution in [2.45, 2.75) is 58.5 Å². The van der Waals surface area contributed by atoms with E-state index in [1.165, 1.54) is 42.4 Å². The first kappa shape index (κ1) is 15.2. The van der Waals surface area contributed by atoms with Gasteiger partial charge < -0.3 is 5.32 Å². The van der Waals surface area contributed by atoms with Gasteiger partial charge in [0, 0.05) is 23.8 Å². The Balaban J connectivity index is 1.70. The number of benzene rings is 1. The lowest BCUT2D eigenvalue weighted by atomic mass is 10.1. The van der Waals surface area contributed by atoms with Gasteiger partial charge in [0.25, 0.3) is 0 Å². The fourth-order valence-corrected chi connectivity index (χ4v) is 3.23. The highest BCUT2D eigenvalue weighted by Crippen LogP contribution is 2.21. The molecule has 1 aromatic heterocycles. The molecule has 0 radical (unpaired) electrons.